The Morgan fingerprint density at radius 1 is 1.00 bits per heavy atom. The van der Waals surface area contributed by atoms with E-state index in [-0.39, 0.29) is 23.9 Å². The lowest BCUT2D eigenvalue weighted by Crippen LogP contribution is -2.05. The number of non-ortho nitro benzene ring substituents is 1. The third-order valence-electron chi connectivity index (χ3n) is 4.57. The summed E-state index contributed by atoms with van der Waals surface area (Å²) in [5.74, 6) is 0.280. The number of cyclic esters (lactones) is 1. The standard InChI is InChI=1S/C23H13Br3N2O5/c24-16-5-3-15(4-6-16)22-27-20(23(29)33-22)11-14-9-18(25)21(19(26)10-14)32-12-13-1-7-17(8-2-13)28(30)31/h1-11H,12H2/b20-11-. The zero-order chi connectivity index (χ0) is 23.5. The molecule has 7 nitrogen and oxygen atoms in total. The normalized spacial score (nSPS) is 14.2. The van der Waals surface area contributed by atoms with Crippen LogP contribution >= 0.6 is 47.8 Å². The van der Waals surface area contributed by atoms with Gasteiger partial charge in [0.2, 0.25) is 5.90 Å². The molecule has 0 saturated heterocycles. The van der Waals surface area contributed by atoms with Crippen LogP contribution in [0.25, 0.3) is 6.08 Å². The molecule has 1 heterocycles. The molecule has 0 saturated carbocycles. The Morgan fingerprint density at radius 3 is 2.24 bits per heavy atom. The summed E-state index contributed by atoms with van der Waals surface area (Å²) in [6.45, 7) is 0.225. The number of halogens is 3. The van der Waals surface area contributed by atoms with Crippen LogP contribution in [0.4, 0.5) is 5.69 Å². The molecule has 166 valence electrons. The van der Waals surface area contributed by atoms with E-state index in [4.69, 9.17) is 9.47 Å². The summed E-state index contributed by atoms with van der Waals surface area (Å²) >= 11 is 10.4. The highest BCUT2D eigenvalue weighted by molar-refractivity contribution is 9.11. The van der Waals surface area contributed by atoms with Crippen LogP contribution in [0.1, 0.15) is 16.7 Å². The van der Waals surface area contributed by atoms with Crippen molar-refractivity contribution in [2.75, 3.05) is 0 Å². The maximum absolute atomic E-state index is 12.3. The minimum atomic E-state index is -0.529. The van der Waals surface area contributed by atoms with Gasteiger partial charge in [-0.25, -0.2) is 9.79 Å². The van der Waals surface area contributed by atoms with Crippen molar-refractivity contribution in [1.82, 2.24) is 0 Å². The summed E-state index contributed by atoms with van der Waals surface area (Å²) in [6.07, 6.45) is 1.63. The minimum absolute atomic E-state index is 0.0230. The molecule has 0 radical (unpaired) electrons. The number of benzene rings is 3. The van der Waals surface area contributed by atoms with Crippen molar-refractivity contribution in [3.05, 3.63) is 107 Å². The number of nitro groups is 1. The molecule has 0 N–H and O–H groups in total. The van der Waals surface area contributed by atoms with Crippen molar-refractivity contribution in [1.29, 1.82) is 0 Å². The summed E-state index contributed by atoms with van der Waals surface area (Å²) in [4.78, 5) is 26.9. The van der Waals surface area contributed by atoms with Crippen LogP contribution in [0.3, 0.4) is 0 Å². The zero-order valence-corrected chi connectivity index (χ0v) is 21.4. The van der Waals surface area contributed by atoms with Gasteiger partial charge >= 0.3 is 5.97 Å². The number of hydrogen-bond acceptors (Lipinski definition) is 6. The fourth-order valence-corrected chi connectivity index (χ4v) is 4.67. The molecule has 0 amide bonds. The first-order chi connectivity index (χ1) is 15.8. The van der Waals surface area contributed by atoms with Gasteiger partial charge in [0, 0.05) is 22.2 Å². The Morgan fingerprint density at radius 2 is 1.64 bits per heavy atom. The largest absolute Gasteiger partial charge is 0.487 e. The number of carbonyl (C=O) groups excluding carboxylic acids is 1. The van der Waals surface area contributed by atoms with Crippen molar-refractivity contribution in [2.24, 2.45) is 4.99 Å². The smallest absolute Gasteiger partial charge is 0.363 e. The van der Waals surface area contributed by atoms with Gasteiger partial charge < -0.3 is 9.47 Å². The van der Waals surface area contributed by atoms with Crippen LogP contribution in [0.2, 0.25) is 0 Å². The van der Waals surface area contributed by atoms with Gasteiger partial charge in [0.25, 0.3) is 5.69 Å². The summed E-state index contributed by atoms with van der Waals surface area (Å²) in [5.41, 5.74) is 2.41. The molecule has 0 atom stereocenters. The lowest BCUT2D eigenvalue weighted by atomic mass is 10.2. The first kappa shape index (κ1) is 23.3. The molecule has 0 unspecified atom stereocenters. The van der Waals surface area contributed by atoms with Crippen molar-refractivity contribution in [3.63, 3.8) is 0 Å². The molecule has 0 spiro atoms. The zero-order valence-electron chi connectivity index (χ0n) is 16.6. The number of ether oxygens (including phenoxy) is 2. The molecule has 0 bridgehead atoms. The van der Waals surface area contributed by atoms with Gasteiger partial charge in [-0.2, -0.15) is 0 Å². The summed E-state index contributed by atoms with van der Waals surface area (Å²) < 4.78 is 13.4. The molecule has 10 heteroatoms. The Bertz CT molecular complexity index is 1280. The van der Waals surface area contributed by atoms with E-state index in [0.717, 1.165) is 10.0 Å². The van der Waals surface area contributed by atoms with Gasteiger partial charge in [0.1, 0.15) is 12.4 Å². The molecule has 0 aromatic heterocycles. The average molecular weight is 637 g/mol. The number of carbonyl (C=O) groups is 1. The molecular weight excluding hydrogens is 624 g/mol. The molecule has 1 aliphatic heterocycles. The Labute approximate surface area is 213 Å². The maximum Gasteiger partial charge on any atom is 0.363 e. The molecule has 3 aromatic carbocycles. The maximum atomic E-state index is 12.3. The SMILES string of the molecule is O=C1OC(c2ccc(Br)cc2)=N/C1=C\c1cc(Br)c(OCc2ccc([N+](=O)[O-])cc2)c(Br)c1. The highest BCUT2D eigenvalue weighted by Gasteiger charge is 2.24. The van der Waals surface area contributed by atoms with Gasteiger partial charge in [-0.05, 0) is 97.6 Å². The fraction of sp³-hybridized carbons (Fsp3) is 0.0435. The summed E-state index contributed by atoms with van der Waals surface area (Å²) in [6, 6.07) is 17.0. The van der Waals surface area contributed by atoms with Gasteiger partial charge in [-0.15, -0.1) is 0 Å². The second-order valence-corrected chi connectivity index (χ2v) is 9.49. The van der Waals surface area contributed by atoms with Crippen LogP contribution in [0.5, 0.6) is 5.75 Å². The molecule has 3 aromatic rings. The number of nitrogens with zero attached hydrogens (tertiary/aromatic N) is 2. The van der Waals surface area contributed by atoms with Gasteiger partial charge in [0.05, 0.1) is 13.9 Å². The number of nitro benzene ring substituents is 1. The number of rotatable bonds is 6. The first-order valence-electron chi connectivity index (χ1n) is 9.44. The Hall–Kier alpha value is -2.82. The topological polar surface area (TPSA) is 91.0 Å². The van der Waals surface area contributed by atoms with Crippen LogP contribution < -0.4 is 4.74 Å². The third-order valence-corrected chi connectivity index (χ3v) is 6.27. The van der Waals surface area contributed by atoms with E-state index in [1.54, 1.807) is 30.3 Å². The first-order valence-corrected chi connectivity index (χ1v) is 11.8. The molecule has 4 rings (SSSR count). The van der Waals surface area contributed by atoms with Crippen LogP contribution in [0.15, 0.2) is 84.8 Å². The van der Waals surface area contributed by atoms with Gasteiger partial charge in [-0.1, -0.05) is 15.9 Å². The van der Waals surface area contributed by atoms with Crippen molar-refractivity contribution in [2.45, 2.75) is 6.61 Å². The number of hydrogen-bond donors (Lipinski definition) is 0. The fourth-order valence-electron chi connectivity index (χ4n) is 2.95. The quantitative estimate of drug-likeness (QED) is 0.128. The van der Waals surface area contributed by atoms with E-state index < -0.39 is 10.9 Å². The monoisotopic (exact) mass is 634 g/mol. The van der Waals surface area contributed by atoms with Crippen LogP contribution in [-0.4, -0.2) is 16.8 Å². The minimum Gasteiger partial charge on any atom is -0.487 e. The van der Waals surface area contributed by atoms with E-state index in [9.17, 15) is 14.9 Å². The van der Waals surface area contributed by atoms with E-state index >= 15 is 0 Å². The summed E-state index contributed by atoms with van der Waals surface area (Å²) in [5, 5.41) is 10.8. The molecule has 33 heavy (non-hydrogen) atoms. The molecule has 0 fully saturated rings. The lowest BCUT2D eigenvalue weighted by molar-refractivity contribution is -0.384. The lowest BCUT2D eigenvalue weighted by Gasteiger charge is -2.11. The molecular formula is C23H13Br3N2O5. The average Bonchev–Trinajstić information content (AvgIpc) is 3.14. The van der Waals surface area contributed by atoms with Crippen LogP contribution in [-0.2, 0) is 16.1 Å². The van der Waals surface area contributed by atoms with E-state index in [1.807, 2.05) is 24.3 Å². The third kappa shape index (κ3) is 5.58. The second-order valence-electron chi connectivity index (χ2n) is 6.87. The van der Waals surface area contributed by atoms with E-state index in [2.05, 4.69) is 52.8 Å². The Balaban J connectivity index is 1.51. The van der Waals surface area contributed by atoms with Crippen molar-refractivity contribution >= 4 is 71.4 Å². The van der Waals surface area contributed by atoms with Crippen LogP contribution in [0, 0.1) is 10.1 Å². The molecule has 1 aliphatic rings. The van der Waals surface area contributed by atoms with E-state index in [0.29, 0.717) is 25.8 Å². The van der Waals surface area contributed by atoms with Crippen molar-refractivity contribution < 1.29 is 19.2 Å². The Kier molecular flexibility index (Phi) is 7.06. The van der Waals surface area contributed by atoms with Crippen molar-refractivity contribution in [3.8, 4) is 5.75 Å². The summed E-state index contributed by atoms with van der Waals surface area (Å²) in [7, 11) is 0. The number of aliphatic imine (C=N–C) groups is 1. The highest BCUT2D eigenvalue weighted by Crippen LogP contribution is 2.36. The second kappa shape index (κ2) is 9.98. The van der Waals surface area contributed by atoms with Gasteiger partial charge in [-0.3, -0.25) is 10.1 Å². The van der Waals surface area contributed by atoms with Gasteiger partial charge in [0.15, 0.2) is 5.70 Å². The number of esters is 1. The van der Waals surface area contributed by atoms with E-state index in [1.165, 1.54) is 12.1 Å². The molecule has 0 aliphatic carbocycles. The highest BCUT2D eigenvalue weighted by atomic mass is 79.9. The predicted octanol–water partition coefficient (Wildman–Crippen LogP) is 6.81. The predicted molar refractivity (Wildman–Crippen MR) is 134 cm³/mol.